The van der Waals surface area contributed by atoms with Crippen molar-refractivity contribution in [1.82, 2.24) is 10.2 Å². The maximum absolute atomic E-state index is 14.5. The van der Waals surface area contributed by atoms with E-state index in [0.29, 0.717) is 17.0 Å². The third kappa shape index (κ3) is 7.93. The lowest BCUT2D eigenvalue weighted by molar-refractivity contribution is -0.141. The number of nitrogens with zero attached hydrogens (tertiary/aromatic N) is 2. The number of sulfonamides is 1. The van der Waals surface area contributed by atoms with Crippen LogP contribution < -0.4 is 14.4 Å². The molecule has 38 heavy (non-hydrogen) atoms. The second-order valence-electron chi connectivity index (χ2n) is 9.74. The van der Waals surface area contributed by atoms with E-state index in [1.54, 1.807) is 49.4 Å². The maximum Gasteiger partial charge on any atom is 0.242 e. The van der Waals surface area contributed by atoms with Crippen LogP contribution in [0.2, 0.25) is 0 Å². The number of amides is 2. The van der Waals surface area contributed by atoms with Crippen molar-refractivity contribution < 1.29 is 27.1 Å². The summed E-state index contributed by atoms with van der Waals surface area (Å²) in [6, 6.07) is 12.2. The first-order chi connectivity index (χ1) is 18.1. The number of ether oxygens (including phenoxy) is 1. The lowest BCUT2D eigenvalue weighted by Crippen LogP contribution is -2.50. The molecule has 1 saturated carbocycles. The number of nitrogens with one attached hydrogen (secondary N) is 1. The van der Waals surface area contributed by atoms with Crippen LogP contribution in [0.3, 0.4) is 0 Å². The average molecular weight is 548 g/mol. The van der Waals surface area contributed by atoms with E-state index in [1.807, 2.05) is 0 Å². The molecule has 1 aliphatic rings. The van der Waals surface area contributed by atoms with E-state index in [0.717, 1.165) is 38.4 Å². The van der Waals surface area contributed by atoms with Gasteiger partial charge in [0, 0.05) is 31.1 Å². The van der Waals surface area contributed by atoms with E-state index in [1.165, 1.54) is 22.4 Å². The van der Waals surface area contributed by atoms with Gasteiger partial charge in [-0.25, -0.2) is 12.8 Å². The summed E-state index contributed by atoms with van der Waals surface area (Å²) in [5.41, 5.74) is 0.693. The lowest BCUT2D eigenvalue weighted by atomic mass is 9.95. The van der Waals surface area contributed by atoms with Crippen LogP contribution in [0.5, 0.6) is 5.75 Å². The number of carbonyl (C=O) groups excluding carboxylic acids is 2. The smallest absolute Gasteiger partial charge is 0.242 e. The first kappa shape index (κ1) is 29.4. The van der Waals surface area contributed by atoms with Crippen LogP contribution in [0.15, 0.2) is 48.5 Å². The van der Waals surface area contributed by atoms with Gasteiger partial charge < -0.3 is 15.0 Å². The minimum atomic E-state index is -3.65. The molecule has 8 nitrogen and oxygen atoms in total. The number of methoxy groups -OCH3 is 1. The molecule has 1 atom stereocenters. The minimum Gasteiger partial charge on any atom is -0.495 e. The van der Waals surface area contributed by atoms with Crippen LogP contribution in [0.4, 0.5) is 10.1 Å². The van der Waals surface area contributed by atoms with Gasteiger partial charge in [0.05, 0.1) is 19.1 Å². The van der Waals surface area contributed by atoms with Crippen LogP contribution in [0, 0.1) is 5.82 Å². The van der Waals surface area contributed by atoms with Crippen LogP contribution in [-0.2, 0) is 26.2 Å². The van der Waals surface area contributed by atoms with Gasteiger partial charge in [-0.05, 0) is 44.4 Å². The van der Waals surface area contributed by atoms with Crippen molar-refractivity contribution in [2.45, 2.75) is 70.5 Å². The summed E-state index contributed by atoms with van der Waals surface area (Å²) in [4.78, 5) is 27.9. The second kappa shape index (κ2) is 13.6. The Bertz CT molecular complexity index is 1200. The Balaban J connectivity index is 1.74. The van der Waals surface area contributed by atoms with Gasteiger partial charge in [-0.2, -0.15) is 0 Å². The van der Waals surface area contributed by atoms with Crippen LogP contribution >= 0.6 is 0 Å². The zero-order valence-electron chi connectivity index (χ0n) is 22.4. The van der Waals surface area contributed by atoms with Gasteiger partial charge in [0.1, 0.15) is 17.6 Å². The maximum atomic E-state index is 14.5. The van der Waals surface area contributed by atoms with Crippen molar-refractivity contribution in [1.29, 1.82) is 0 Å². The molecule has 1 fully saturated rings. The standard InChI is InChI=1S/C28H38FN3O5S/c1-21(28(34)30-23-13-5-4-6-14-23)31(20-22-12-7-8-15-24(22)29)27(33)18-11-19-32(38(3,35)36)25-16-9-10-17-26(25)37-2/h7-10,12,15-17,21,23H,4-6,11,13-14,18-20H2,1-3H3,(H,30,34)/t21-/m0/s1. The number of benzene rings is 2. The predicted molar refractivity (Wildman–Crippen MR) is 146 cm³/mol. The predicted octanol–water partition coefficient (Wildman–Crippen LogP) is 4.25. The lowest BCUT2D eigenvalue weighted by Gasteiger charge is -2.31. The first-order valence-electron chi connectivity index (χ1n) is 13.1. The Morgan fingerprint density at radius 1 is 1.08 bits per heavy atom. The monoisotopic (exact) mass is 547 g/mol. The molecule has 1 N–H and O–H groups in total. The number of para-hydroxylation sites is 2. The molecular formula is C28H38FN3O5S. The SMILES string of the molecule is COc1ccccc1N(CCCC(=O)N(Cc1ccccc1F)[C@@H](C)C(=O)NC1CCCCC1)S(C)(=O)=O. The van der Waals surface area contributed by atoms with E-state index in [2.05, 4.69) is 5.32 Å². The van der Waals surface area contributed by atoms with Gasteiger partial charge in [-0.3, -0.25) is 13.9 Å². The summed E-state index contributed by atoms with van der Waals surface area (Å²) in [7, 11) is -2.19. The number of anilines is 1. The highest BCUT2D eigenvalue weighted by molar-refractivity contribution is 7.92. The molecule has 0 bridgehead atoms. The molecule has 2 amide bonds. The molecule has 0 heterocycles. The highest BCUT2D eigenvalue weighted by Gasteiger charge is 2.29. The first-order valence-corrected chi connectivity index (χ1v) is 14.9. The molecule has 2 aromatic rings. The molecule has 0 aromatic heterocycles. The number of hydrogen-bond donors (Lipinski definition) is 1. The summed E-state index contributed by atoms with van der Waals surface area (Å²) in [5.74, 6) is -0.676. The van der Waals surface area contributed by atoms with E-state index in [4.69, 9.17) is 4.74 Å². The van der Waals surface area contributed by atoms with Crippen LogP contribution in [0.1, 0.15) is 57.4 Å². The van der Waals surface area contributed by atoms with Crippen molar-refractivity contribution in [2.75, 3.05) is 24.2 Å². The van der Waals surface area contributed by atoms with Crippen LogP contribution in [0.25, 0.3) is 0 Å². The number of carbonyl (C=O) groups is 2. The second-order valence-corrected chi connectivity index (χ2v) is 11.6. The molecule has 0 unspecified atom stereocenters. The molecule has 0 aliphatic heterocycles. The number of hydrogen-bond acceptors (Lipinski definition) is 5. The zero-order valence-corrected chi connectivity index (χ0v) is 23.2. The molecule has 0 saturated heterocycles. The number of rotatable bonds is 12. The molecule has 208 valence electrons. The Kier molecular flexibility index (Phi) is 10.5. The van der Waals surface area contributed by atoms with Crippen molar-refractivity contribution in [2.24, 2.45) is 0 Å². The molecule has 0 radical (unpaired) electrons. The summed E-state index contributed by atoms with van der Waals surface area (Å²) >= 11 is 0. The van der Waals surface area contributed by atoms with E-state index >= 15 is 0 Å². The highest BCUT2D eigenvalue weighted by atomic mass is 32.2. The third-order valence-electron chi connectivity index (χ3n) is 6.92. The Morgan fingerprint density at radius 3 is 2.39 bits per heavy atom. The van der Waals surface area contributed by atoms with Crippen LogP contribution in [-0.4, -0.2) is 57.1 Å². The van der Waals surface area contributed by atoms with E-state index in [9.17, 15) is 22.4 Å². The molecule has 0 spiro atoms. The zero-order chi connectivity index (χ0) is 27.7. The molecule has 2 aromatic carbocycles. The minimum absolute atomic E-state index is 0.0172. The number of halogens is 1. The van der Waals surface area contributed by atoms with Crippen molar-refractivity contribution in [3.63, 3.8) is 0 Å². The fourth-order valence-corrected chi connectivity index (χ4v) is 5.75. The Morgan fingerprint density at radius 2 is 1.74 bits per heavy atom. The molecule has 3 rings (SSSR count). The highest BCUT2D eigenvalue weighted by Crippen LogP contribution is 2.30. The van der Waals surface area contributed by atoms with Crippen molar-refractivity contribution >= 4 is 27.5 Å². The van der Waals surface area contributed by atoms with Crippen molar-refractivity contribution in [3.05, 3.63) is 59.9 Å². The molecule has 10 heteroatoms. The summed E-state index contributed by atoms with van der Waals surface area (Å²) in [6.07, 6.45) is 6.36. The van der Waals surface area contributed by atoms with Gasteiger partial charge in [0.25, 0.3) is 0 Å². The molecule has 1 aliphatic carbocycles. The fraction of sp³-hybridized carbons (Fsp3) is 0.500. The van der Waals surface area contributed by atoms with Gasteiger partial charge >= 0.3 is 0 Å². The molecular weight excluding hydrogens is 509 g/mol. The largest absolute Gasteiger partial charge is 0.495 e. The third-order valence-corrected chi connectivity index (χ3v) is 8.10. The Labute approximate surface area is 225 Å². The topological polar surface area (TPSA) is 96.0 Å². The fourth-order valence-electron chi connectivity index (χ4n) is 4.78. The quantitative estimate of drug-likeness (QED) is 0.429. The van der Waals surface area contributed by atoms with Gasteiger partial charge in [0.2, 0.25) is 21.8 Å². The van der Waals surface area contributed by atoms with Gasteiger partial charge in [0.15, 0.2) is 0 Å². The van der Waals surface area contributed by atoms with Crippen molar-refractivity contribution in [3.8, 4) is 5.75 Å². The average Bonchev–Trinajstić information content (AvgIpc) is 2.90. The Hall–Kier alpha value is -3.14. The van der Waals surface area contributed by atoms with Gasteiger partial charge in [-0.15, -0.1) is 0 Å². The summed E-state index contributed by atoms with van der Waals surface area (Å²) in [5, 5.41) is 3.05. The summed E-state index contributed by atoms with van der Waals surface area (Å²) in [6.45, 7) is 1.63. The van der Waals surface area contributed by atoms with Gasteiger partial charge in [-0.1, -0.05) is 49.6 Å². The normalized spacial score (nSPS) is 14.9. The van der Waals surface area contributed by atoms with E-state index in [-0.39, 0.29) is 43.8 Å². The van der Waals surface area contributed by atoms with E-state index < -0.39 is 21.9 Å². The summed E-state index contributed by atoms with van der Waals surface area (Å²) < 4.78 is 46.1.